The van der Waals surface area contributed by atoms with Crippen LogP contribution in [0, 0.1) is 27.7 Å². The number of nitrogens with one attached hydrogen (secondary N) is 1. The van der Waals surface area contributed by atoms with E-state index in [1.807, 2.05) is 45.0 Å². The molecule has 1 aromatic carbocycles. The Labute approximate surface area is 139 Å². The average molecular weight is 322 g/mol. The molecule has 0 aliphatic carbocycles. The lowest BCUT2D eigenvalue weighted by atomic mass is 10.1. The topological polar surface area (TPSA) is 80.9 Å². The van der Waals surface area contributed by atoms with Crippen LogP contribution in [0.1, 0.15) is 33.1 Å². The predicted octanol–water partition coefficient (Wildman–Crippen LogP) is 3.62. The molecule has 0 unspecified atom stereocenters. The van der Waals surface area contributed by atoms with Crippen LogP contribution < -0.4 is 5.32 Å². The van der Waals surface area contributed by atoms with Crippen LogP contribution in [0.25, 0.3) is 11.4 Å². The van der Waals surface area contributed by atoms with Gasteiger partial charge in [-0.05, 0) is 44.5 Å². The van der Waals surface area contributed by atoms with Gasteiger partial charge in [-0.1, -0.05) is 22.9 Å². The van der Waals surface area contributed by atoms with E-state index in [1.54, 1.807) is 13.0 Å². The van der Waals surface area contributed by atoms with Gasteiger partial charge in [-0.3, -0.25) is 4.79 Å². The SMILES string of the molecule is Cc1cccc(C(=O)Nc2nc(C)cc(C)c2-c2noc(C)n2)c1. The largest absolute Gasteiger partial charge is 0.339 e. The Kier molecular flexibility index (Phi) is 4.12. The van der Waals surface area contributed by atoms with Gasteiger partial charge >= 0.3 is 0 Å². The fourth-order valence-corrected chi connectivity index (χ4v) is 2.58. The molecule has 6 heteroatoms. The molecule has 0 atom stereocenters. The van der Waals surface area contributed by atoms with Crippen LogP contribution >= 0.6 is 0 Å². The smallest absolute Gasteiger partial charge is 0.256 e. The van der Waals surface area contributed by atoms with Crippen molar-refractivity contribution >= 4 is 11.7 Å². The minimum atomic E-state index is -0.224. The molecule has 0 aliphatic heterocycles. The molecule has 122 valence electrons. The summed E-state index contributed by atoms with van der Waals surface area (Å²) in [6.07, 6.45) is 0. The van der Waals surface area contributed by atoms with Crippen molar-refractivity contribution in [2.24, 2.45) is 0 Å². The van der Waals surface area contributed by atoms with Crippen molar-refractivity contribution in [1.82, 2.24) is 15.1 Å². The first-order valence-corrected chi connectivity index (χ1v) is 7.61. The molecular formula is C18H18N4O2. The first-order valence-electron chi connectivity index (χ1n) is 7.61. The number of anilines is 1. The van der Waals surface area contributed by atoms with Gasteiger partial charge in [0.2, 0.25) is 11.7 Å². The molecule has 1 amide bonds. The third kappa shape index (κ3) is 3.17. The molecule has 2 heterocycles. The second-order valence-electron chi connectivity index (χ2n) is 5.76. The third-order valence-electron chi connectivity index (χ3n) is 3.61. The molecule has 0 bridgehead atoms. The second kappa shape index (κ2) is 6.23. The summed E-state index contributed by atoms with van der Waals surface area (Å²) < 4.78 is 5.06. The first-order chi connectivity index (χ1) is 11.4. The van der Waals surface area contributed by atoms with E-state index >= 15 is 0 Å². The van der Waals surface area contributed by atoms with E-state index < -0.39 is 0 Å². The van der Waals surface area contributed by atoms with Gasteiger partial charge in [0, 0.05) is 18.2 Å². The van der Waals surface area contributed by atoms with Crippen molar-refractivity contribution in [3.8, 4) is 11.4 Å². The first kappa shape index (κ1) is 15.9. The molecule has 6 nitrogen and oxygen atoms in total. The van der Waals surface area contributed by atoms with E-state index in [4.69, 9.17) is 4.52 Å². The van der Waals surface area contributed by atoms with Crippen molar-refractivity contribution in [2.75, 3.05) is 5.32 Å². The number of nitrogens with zero attached hydrogens (tertiary/aromatic N) is 3. The summed E-state index contributed by atoms with van der Waals surface area (Å²) >= 11 is 0. The molecule has 0 aliphatic rings. The Bertz CT molecular complexity index is 915. The van der Waals surface area contributed by atoms with Crippen molar-refractivity contribution in [3.63, 3.8) is 0 Å². The van der Waals surface area contributed by atoms with Gasteiger partial charge in [-0.15, -0.1) is 0 Å². The Hall–Kier alpha value is -3.02. The van der Waals surface area contributed by atoms with Crippen molar-refractivity contribution in [3.05, 3.63) is 58.6 Å². The molecule has 0 spiro atoms. The van der Waals surface area contributed by atoms with Crippen LogP contribution in [0.5, 0.6) is 0 Å². The fourth-order valence-electron chi connectivity index (χ4n) is 2.58. The molecule has 3 rings (SSSR count). The minimum absolute atomic E-state index is 0.224. The zero-order valence-electron chi connectivity index (χ0n) is 14.0. The number of hydrogen-bond acceptors (Lipinski definition) is 5. The number of carbonyl (C=O) groups excluding carboxylic acids is 1. The van der Waals surface area contributed by atoms with E-state index in [9.17, 15) is 4.79 Å². The van der Waals surface area contributed by atoms with Gasteiger partial charge in [-0.2, -0.15) is 4.98 Å². The maximum Gasteiger partial charge on any atom is 0.256 e. The summed E-state index contributed by atoms with van der Waals surface area (Å²) in [4.78, 5) is 21.3. The Morgan fingerprint density at radius 3 is 2.54 bits per heavy atom. The normalized spacial score (nSPS) is 10.7. The minimum Gasteiger partial charge on any atom is -0.339 e. The van der Waals surface area contributed by atoms with Gasteiger partial charge in [0.05, 0.1) is 5.56 Å². The molecule has 0 radical (unpaired) electrons. The van der Waals surface area contributed by atoms with Crippen molar-refractivity contribution in [1.29, 1.82) is 0 Å². The molecule has 0 saturated carbocycles. The molecule has 0 fully saturated rings. The highest BCUT2D eigenvalue weighted by molar-refractivity contribution is 6.05. The van der Waals surface area contributed by atoms with Crippen molar-refractivity contribution in [2.45, 2.75) is 27.7 Å². The number of rotatable bonds is 3. The molecule has 24 heavy (non-hydrogen) atoms. The van der Waals surface area contributed by atoms with Gasteiger partial charge in [0.1, 0.15) is 5.82 Å². The van der Waals surface area contributed by atoms with Crippen LogP contribution in [0.2, 0.25) is 0 Å². The van der Waals surface area contributed by atoms with Crippen molar-refractivity contribution < 1.29 is 9.32 Å². The molecule has 1 N–H and O–H groups in total. The Morgan fingerprint density at radius 1 is 1.08 bits per heavy atom. The standard InChI is InChI=1S/C18H18N4O2/c1-10-6-5-7-14(8-10)18(23)21-16-15(11(2)9-12(3)19-16)17-20-13(4)24-22-17/h5-9H,1-4H3,(H,19,21,23). The maximum absolute atomic E-state index is 12.6. The van der Waals surface area contributed by atoms with Crippen LogP contribution in [0.4, 0.5) is 5.82 Å². The Morgan fingerprint density at radius 2 is 1.88 bits per heavy atom. The van der Waals surface area contributed by atoms with Crippen LogP contribution in [0.15, 0.2) is 34.9 Å². The van der Waals surface area contributed by atoms with E-state index in [0.717, 1.165) is 16.8 Å². The lowest BCUT2D eigenvalue weighted by Gasteiger charge is -2.12. The lowest BCUT2D eigenvalue weighted by molar-refractivity contribution is 0.102. The van der Waals surface area contributed by atoms with E-state index in [0.29, 0.717) is 28.7 Å². The maximum atomic E-state index is 12.6. The predicted molar refractivity (Wildman–Crippen MR) is 90.9 cm³/mol. The quantitative estimate of drug-likeness (QED) is 0.796. The number of aromatic nitrogens is 3. The summed E-state index contributed by atoms with van der Waals surface area (Å²) in [7, 11) is 0. The highest BCUT2D eigenvalue weighted by atomic mass is 16.5. The number of carbonyl (C=O) groups is 1. The average Bonchev–Trinajstić information content (AvgIpc) is 2.92. The summed E-state index contributed by atoms with van der Waals surface area (Å²) in [5.41, 5.74) is 3.98. The third-order valence-corrected chi connectivity index (χ3v) is 3.61. The highest BCUT2D eigenvalue weighted by Crippen LogP contribution is 2.29. The number of amides is 1. The summed E-state index contributed by atoms with van der Waals surface area (Å²) in [5, 5.41) is 6.83. The number of pyridine rings is 1. The van der Waals surface area contributed by atoms with E-state index in [1.165, 1.54) is 0 Å². The molecule has 0 saturated heterocycles. The number of aryl methyl sites for hydroxylation is 4. The van der Waals surface area contributed by atoms with Crippen LogP contribution in [-0.2, 0) is 0 Å². The zero-order chi connectivity index (χ0) is 17.3. The summed E-state index contributed by atoms with van der Waals surface area (Å²) in [6.45, 7) is 7.47. The lowest BCUT2D eigenvalue weighted by Crippen LogP contribution is -2.15. The molecule has 3 aromatic rings. The van der Waals surface area contributed by atoms with Gasteiger partial charge in [0.15, 0.2) is 0 Å². The van der Waals surface area contributed by atoms with Crippen LogP contribution in [-0.4, -0.2) is 21.0 Å². The monoisotopic (exact) mass is 322 g/mol. The zero-order valence-corrected chi connectivity index (χ0v) is 14.0. The number of benzene rings is 1. The van der Waals surface area contributed by atoms with E-state index in [-0.39, 0.29) is 5.91 Å². The number of hydrogen-bond donors (Lipinski definition) is 1. The Balaban J connectivity index is 2.02. The van der Waals surface area contributed by atoms with Gasteiger partial charge < -0.3 is 9.84 Å². The summed E-state index contributed by atoms with van der Waals surface area (Å²) in [6, 6.07) is 9.31. The molecule has 2 aromatic heterocycles. The van der Waals surface area contributed by atoms with Crippen LogP contribution in [0.3, 0.4) is 0 Å². The highest BCUT2D eigenvalue weighted by Gasteiger charge is 2.18. The second-order valence-corrected chi connectivity index (χ2v) is 5.76. The molecular weight excluding hydrogens is 304 g/mol. The summed E-state index contributed by atoms with van der Waals surface area (Å²) in [5.74, 6) is 1.08. The van der Waals surface area contributed by atoms with Gasteiger partial charge in [-0.25, -0.2) is 4.98 Å². The van der Waals surface area contributed by atoms with Gasteiger partial charge in [0.25, 0.3) is 5.91 Å². The fraction of sp³-hybridized carbons (Fsp3) is 0.222. The van der Waals surface area contributed by atoms with E-state index in [2.05, 4.69) is 20.4 Å².